The molecule has 2 N–H and O–H groups in total. The van der Waals surface area contributed by atoms with Crippen molar-refractivity contribution in [1.29, 1.82) is 0 Å². The lowest BCUT2D eigenvalue weighted by molar-refractivity contribution is -0.137. The SMILES string of the molecule is O=C(NN=C1C(C2=CC=CCC2)=Cc2cc(Cl)ccc21)Nc1ccc(C(F)(F)F)cc1. The fourth-order valence-electron chi connectivity index (χ4n) is 3.44. The van der Waals surface area contributed by atoms with Crippen LogP contribution in [0, 0.1) is 0 Å². The molecule has 0 saturated heterocycles. The summed E-state index contributed by atoms with van der Waals surface area (Å²) in [5.74, 6) is 0. The van der Waals surface area contributed by atoms with E-state index in [-0.39, 0.29) is 5.69 Å². The van der Waals surface area contributed by atoms with Gasteiger partial charge < -0.3 is 5.32 Å². The molecular formula is C23H17ClF3N3O. The standard InChI is InChI=1S/C23H17ClF3N3O/c24-17-8-11-19-15(12-17)13-20(14-4-2-1-3-5-14)21(19)29-30-22(31)28-18-9-6-16(7-10-18)23(25,26)27/h1-2,4,6-13H,3,5H2,(H2,28,30,31). The summed E-state index contributed by atoms with van der Waals surface area (Å²) in [7, 11) is 0. The average molecular weight is 444 g/mol. The Hall–Kier alpha value is -3.32. The molecular weight excluding hydrogens is 427 g/mol. The van der Waals surface area contributed by atoms with E-state index < -0.39 is 17.8 Å². The molecule has 0 unspecified atom stereocenters. The summed E-state index contributed by atoms with van der Waals surface area (Å²) in [6.07, 6.45) is 5.39. The van der Waals surface area contributed by atoms with E-state index in [9.17, 15) is 18.0 Å². The summed E-state index contributed by atoms with van der Waals surface area (Å²) in [6, 6.07) is 8.95. The molecule has 4 rings (SSSR count). The highest BCUT2D eigenvalue weighted by atomic mass is 35.5. The normalized spacial score (nSPS) is 16.6. The number of hydrogen-bond donors (Lipinski definition) is 2. The van der Waals surface area contributed by atoms with Gasteiger partial charge in [-0.05, 0) is 66.5 Å². The second-order valence-electron chi connectivity index (χ2n) is 7.05. The van der Waals surface area contributed by atoms with Gasteiger partial charge in [0, 0.05) is 21.8 Å². The highest BCUT2D eigenvalue weighted by Crippen LogP contribution is 2.34. The first-order chi connectivity index (χ1) is 14.8. The Morgan fingerprint density at radius 2 is 1.87 bits per heavy atom. The minimum absolute atomic E-state index is 0.222. The monoisotopic (exact) mass is 443 g/mol. The highest BCUT2D eigenvalue weighted by Gasteiger charge is 2.30. The van der Waals surface area contributed by atoms with Gasteiger partial charge in [-0.3, -0.25) is 0 Å². The van der Waals surface area contributed by atoms with Gasteiger partial charge in [0.1, 0.15) is 0 Å². The second kappa shape index (κ2) is 8.43. The van der Waals surface area contributed by atoms with E-state index in [1.165, 1.54) is 12.1 Å². The zero-order chi connectivity index (χ0) is 22.0. The maximum absolute atomic E-state index is 12.7. The lowest BCUT2D eigenvalue weighted by Gasteiger charge is -2.13. The predicted octanol–water partition coefficient (Wildman–Crippen LogP) is 6.56. The van der Waals surface area contributed by atoms with Gasteiger partial charge in [-0.1, -0.05) is 35.9 Å². The Balaban J connectivity index is 1.53. The van der Waals surface area contributed by atoms with Crippen molar-refractivity contribution in [2.45, 2.75) is 19.0 Å². The van der Waals surface area contributed by atoms with Gasteiger partial charge in [0.15, 0.2) is 0 Å². The second-order valence-corrected chi connectivity index (χ2v) is 7.49. The first-order valence-corrected chi connectivity index (χ1v) is 9.89. The number of fused-ring (bicyclic) bond motifs is 1. The van der Waals surface area contributed by atoms with Crippen LogP contribution in [0.15, 0.2) is 76.9 Å². The van der Waals surface area contributed by atoms with Crippen LogP contribution in [0.5, 0.6) is 0 Å². The molecule has 0 aliphatic heterocycles. The molecule has 158 valence electrons. The van der Waals surface area contributed by atoms with Gasteiger partial charge >= 0.3 is 12.2 Å². The van der Waals surface area contributed by atoms with Crippen LogP contribution >= 0.6 is 11.6 Å². The van der Waals surface area contributed by atoms with Gasteiger partial charge in [-0.2, -0.15) is 18.3 Å². The number of halogens is 4. The Bertz CT molecular complexity index is 1150. The zero-order valence-electron chi connectivity index (χ0n) is 16.1. The predicted molar refractivity (Wildman–Crippen MR) is 116 cm³/mol. The van der Waals surface area contributed by atoms with E-state index in [2.05, 4.69) is 21.9 Å². The molecule has 2 aliphatic carbocycles. The van der Waals surface area contributed by atoms with Crippen molar-refractivity contribution in [2.24, 2.45) is 5.10 Å². The lowest BCUT2D eigenvalue weighted by atomic mass is 9.95. The maximum atomic E-state index is 12.7. The van der Waals surface area contributed by atoms with E-state index in [4.69, 9.17) is 11.6 Å². The summed E-state index contributed by atoms with van der Waals surface area (Å²) in [5, 5.41) is 7.38. The molecule has 2 aromatic carbocycles. The minimum Gasteiger partial charge on any atom is -0.307 e. The van der Waals surface area contributed by atoms with Crippen molar-refractivity contribution in [3.8, 4) is 0 Å². The number of amides is 2. The number of carbonyl (C=O) groups excluding carboxylic acids is 1. The average Bonchev–Trinajstić information content (AvgIpc) is 3.10. The number of alkyl halides is 3. The third kappa shape index (κ3) is 4.72. The van der Waals surface area contributed by atoms with Gasteiger partial charge in [0.2, 0.25) is 0 Å². The highest BCUT2D eigenvalue weighted by molar-refractivity contribution is 6.31. The topological polar surface area (TPSA) is 53.5 Å². The zero-order valence-corrected chi connectivity index (χ0v) is 16.9. The fourth-order valence-corrected chi connectivity index (χ4v) is 3.62. The van der Waals surface area contributed by atoms with Crippen molar-refractivity contribution in [3.63, 3.8) is 0 Å². The molecule has 2 amide bonds. The van der Waals surface area contributed by atoms with Crippen LogP contribution in [0.3, 0.4) is 0 Å². The van der Waals surface area contributed by atoms with Crippen molar-refractivity contribution in [1.82, 2.24) is 5.43 Å². The maximum Gasteiger partial charge on any atom is 0.416 e. The van der Waals surface area contributed by atoms with Crippen LogP contribution < -0.4 is 10.7 Å². The lowest BCUT2D eigenvalue weighted by Crippen LogP contribution is -2.26. The van der Waals surface area contributed by atoms with Crippen molar-refractivity contribution in [3.05, 3.63) is 93.6 Å². The van der Waals surface area contributed by atoms with Crippen LogP contribution in [0.25, 0.3) is 6.08 Å². The van der Waals surface area contributed by atoms with E-state index in [1.807, 2.05) is 30.4 Å². The van der Waals surface area contributed by atoms with E-state index >= 15 is 0 Å². The van der Waals surface area contributed by atoms with Crippen molar-refractivity contribution < 1.29 is 18.0 Å². The summed E-state index contributed by atoms with van der Waals surface area (Å²) < 4.78 is 38.0. The number of nitrogens with zero attached hydrogens (tertiary/aromatic N) is 1. The molecule has 0 bridgehead atoms. The third-order valence-corrected chi connectivity index (χ3v) is 5.16. The van der Waals surface area contributed by atoms with Crippen LogP contribution in [-0.4, -0.2) is 11.7 Å². The van der Waals surface area contributed by atoms with Crippen LogP contribution in [-0.2, 0) is 6.18 Å². The van der Waals surface area contributed by atoms with Gasteiger partial charge in [0.25, 0.3) is 0 Å². The molecule has 0 spiro atoms. The number of hydrogen-bond acceptors (Lipinski definition) is 2. The van der Waals surface area contributed by atoms with Gasteiger partial charge in [-0.25, -0.2) is 10.2 Å². The molecule has 31 heavy (non-hydrogen) atoms. The quantitative estimate of drug-likeness (QED) is 0.519. The molecule has 0 aromatic heterocycles. The molecule has 0 fully saturated rings. The van der Waals surface area contributed by atoms with Gasteiger partial charge in [0.05, 0.1) is 11.3 Å². The Morgan fingerprint density at radius 1 is 1.10 bits per heavy atom. The molecule has 2 aromatic rings. The van der Waals surface area contributed by atoms with Crippen LogP contribution in [0.2, 0.25) is 5.02 Å². The largest absolute Gasteiger partial charge is 0.416 e. The Morgan fingerprint density at radius 3 is 2.55 bits per heavy atom. The molecule has 0 heterocycles. The molecule has 0 radical (unpaired) electrons. The van der Waals surface area contributed by atoms with Crippen LogP contribution in [0.4, 0.5) is 23.7 Å². The first-order valence-electron chi connectivity index (χ1n) is 9.51. The molecule has 8 heteroatoms. The van der Waals surface area contributed by atoms with E-state index in [0.29, 0.717) is 10.7 Å². The number of carbonyl (C=O) groups is 1. The van der Waals surface area contributed by atoms with Crippen molar-refractivity contribution >= 4 is 35.1 Å². The van der Waals surface area contributed by atoms with Crippen LogP contribution in [0.1, 0.15) is 29.5 Å². The molecule has 0 saturated carbocycles. The minimum atomic E-state index is -4.43. The summed E-state index contributed by atoms with van der Waals surface area (Å²) >= 11 is 6.12. The number of benzene rings is 2. The molecule has 0 atom stereocenters. The number of hydrazone groups is 1. The Labute approximate surface area is 181 Å². The smallest absolute Gasteiger partial charge is 0.307 e. The summed E-state index contributed by atoms with van der Waals surface area (Å²) in [6.45, 7) is 0. The number of allylic oxidation sites excluding steroid dienone is 5. The number of rotatable bonds is 3. The van der Waals surface area contributed by atoms with E-state index in [0.717, 1.165) is 47.2 Å². The first kappa shape index (κ1) is 20.9. The van der Waals surface area contributed by atoms with Crippen molar-refractivity contribution in [2.75, 3.05) is 5.32 Å². The number of anilines is 1. The van der Waals surface area contributed by atoms with Gasteiger partial charge in [-0.15, -0.1) is 0 Å². The summed E-state index contributed by atoms with van der Waals surface area (Å²) in [5.41, 5.74) is 6.22. The number of urea groups is 1. The fraction of sp³-hybridized carbons (Fsp3) is 0.130. The van der Waals surface area contributed by atoms with E-state index in [1.54, 1.807) is 6.07 Å². The molecule has 4 nitrogen and oxygen atoms in total. The number of nitrogens with one attached hydrogen (secondary N) is 2. The third-order valence-electron chi connectivity index (χ3n) is 4.92. The molecule has 2 aliphatic rings. The Kier molecular flexibility index (Phi) is 5.69. The summed E-state index contributed by atoms with van der Waals surface area (Å²) in [4.78, 5) is 12.3.